The van der Waals surface area contributed by atoms with Gasteiger partial charge < -0.3 is 0 Å². The highest BCUT2D eigenvalue weighted by Crippen LogP contribution is 2.21. The summed E-state index contributed by atoms with van der Waals surface area (Å²) in [5.41, 5.74) is 1.74. The number of benzene rings is 1. The van der Waals surface area contributed by atoms with Gasteiger partial charge in [0.2, 0.25) is 10.0 Å². The van der Waals surface area contributed by atoms with Gasteiger partial charge in [0.15, 0.2) is 0 Å². The first-order valence-electron chi connectivity index (χ1n) is 5.43. The fourth-order valence-electron chi connectivity index (χ4n) is 1.61. The standard InChI is InChI=1S/C12H18BrNO2S/c1-9-5-6-10(2)12(7-9)17(15,16)14(4)8-11(3)13/h5-7,11H,8H2,1-4H3. The molecule has 0 radical (unpaired) electrons. The van der Waals surface area contributed by atoms with Crippen molar-refractivity contribution >= 4 is 26.0 Å². The number of halogens is 1. The summed E-state index contributed by atoms with van der Waals surface area (Å²) < 4.78 is 26.1. The van der Waals surface area contributed by atoms with E-state index in [9.17, 15) is 8.42 Å². The number of nitrogens with zero attached hydrogens (tertiary/aromatic N) is 1. The average molecular weight is 320 g/mol. The van der Waals surface area contributed by atoms with Crippen LogP contribution in [0.2, 0.25) is 0 Å². The van der Waals surface area contributed by atoms with Crippen molar-refractivity contribution < 1.29 is 8.42 Å². The molecule has 0 bridgehead atoms. The van der Waals surface area contributed by atoms with E-state index >= 15 is 0 Å². The molecule has 0 fully saturated rings. The molecule has 1 rings (SSSR count). The Labute approximate surface area is 112 Å². The molecule has 1 unspecified atom stereocenters. The third kappa shape index (κ3) is 3.53. The van der Waals surface area contributed by atoms with Crippen LogP contribution in [0.25, 0.3) is 0 Å². The van der Waals surface area contributed by atoms with Crippen molar-refractivity contribution in [3.63, 3.8) is 0 Å². The Morgan fingerprint density at radius 3 is 2.47 bits per heavy atom. The quantitative estimate of drug-likeness (QED) is 0.800. The second-order valence-electron chi connectivity index (χ2n) is 4.34. The summed E-state index contributed by atoms with van der Waals surface area (Å²) >= 11 is 3.37. The van der Waals surface area contributed by atoms with E-state index in [1.165, 1.54) is 4.31 Å². The Hall–Kier alpha value is -0.390. The Kier molecular flexibility index (Phi) is 4.75. The second-order valence-corrected chi connectivity index (χ2v) is 7.91. The molecule has 0 spiro atoms. The fraction of sp³-hybridized carbons (Fsp3) is 0.500. The smallest absolute Gasteiger partial charge is 0.207 e. The van der Waals surface area contributed by atoms with Gasteiger partial charge in [0.1, 0.15) is 0 Å². The summed E-state index contributed by atoms with van der Waals surface area (Å²) in [6.07, 6.45) is 0. The van der Waals surface area contributed by atoms with Crippen LogP contribution in [-0.2, 0) is 10.0 Å². The lowest BCUT2D eigenvalue weighted by atomic mass is 10.2. The average Bonchev–Trinajstić information content (AvgIpc) is 2.20. The molecule has 0 N–H and O–H groups in total. The number of hydrogen-bond donors (Lipinski definition) is 0. The zero-order valence-corrected chi connectivity index (χ0v) is 13.0. The molecule has 1 aromatic carbocycles. The van der Waals surface area contributed by atoms with E-state index in [0.717, 1.165) is 11.1 Å². The van der Waals surface area contributed by atoms with E-state index in [0.29, 0.717) is 11.4 Å². The summed E-state index contributed by atoms with van der Waals surface area (Å²) in [6, 6.07) is 5.48. The molecular formula is C12H18BrNO2S. The van der Waals surface area contributed by atoms with Crippen molar-refractivity contribution in [1.82, 2.24) is 4.31 Å². The Morgan fingerprint density at radius 1 is 1.35 bits per heavy atom. The zero-order valence-electron chi connectivity index (χ0n) is 10.6. The molecule has 0 saturated heterocycles. The molecular weight excluding hydrogens is 302 g/mol. The SMILES string of the molecule is Cc1ccc(C)c(S(=O)(=O)N(C)CC(C)Br)c1. The van der Waals surface area contributed by atoms with Crippen LogP contribution in [0.4, 0.5) is 0 Å². The second kappa shape index (κ2) is 5.50. The molecule has 3 nitrogen and oxygen atoms in total. The molecule has 0 aromatic heterocycles. The van der Waals surface area contributed by atoms with E-state index in [4.69, 9.17) is 0 Å². The van der Waals surface area contributed by atoms with Gasteiger partial charge in [-0.05, 0) is 31.0 Å². The Balaban J connectivity index is 3.17. The van der Waals surface area contributed by atoms with E-state index in [2.05, 4.69) is 15.9 Å². The Morgan fingerprint density at radius 2 is 1.94 bits per heavy atom. The first kappa shape index (κ1) is 14.7. The maximum absolute atomic E-state index is 12.3. The summed E-state index contributed by atoms with van der Waals surface area (Å²) in [7, 11) is -1.78. The first-order valence-corrected chi connectivity index (χ1v) is 7.78. The summed E-state index contributed by atoms with van der Waals surface area (Å²) in [4.78, 5) is 0.528. The van der Waals surface area contributed by atoms with Crippen LogP contribution >= 0.6 is 15.9 Å². The van der Waals surface area contributed by atoms with Crippen LogP contribution in [0.15, 0.2) is 23.1 Å². The summed E-state index contributed by atoms with van der Waals surface area (Å²) in [5.74, 6) is 0. The molecule has 1 atom stereocenters. The maximum atomic E-state index is 12.3. The van der Waals surface area contributed by atoms with Gasteiger partial charge in [0, 0.05) is 18.4 Å². The van der Waals surface area contributed by atoms with Crippen molar-refractivity contribution in [3.05, 3.63) is 29.3 Å². The number of rotatable bonds is 4. The van der Waals surface area contributed by atoms with Gasteiger partial charge in [-0.1, -0.05) is 35.0 Å². The number of alkyl halides is 1. The molecule has 17 heavy (non-hydrogen) atoms. The van der Waals surface area contributed by atoms with Gasteiger partial charge in [-0.3, -0.25) is 0 Å². The van der Waals surface area contributed by atoms with Crippen molar-refractivity contribution in [2.45, 2.75) is 30.5 Å². The highest BCUT2D eigenvalue weighted by molar-refractivity contribution is 9.09. The van der Waals surface area contributed by atoms with Gasteiger partial charge in [0.05, 0.1) is 4.90 Å². The third-order valence-electron chi connectivity index (χ3n) is 2.54. The van der Waals surface area contributed by atoms with Crippen molar-refractivity contribution in [2.75, 3.05) is 13.6 Å². The molecule has 1 aromatic rings. The molecule has 5 heteroatoms. The highest BCUT2D eigenvalue weighted by atomic mass is 79.9. The van der Waals surface area contributed by atoms with Crippen molar-refractivity contribution in [2.24, 2.45) is 0 Å². The van der Waals surface area contributed by atoms with Crippen LogP contribution in [0.1, 0.15) is 18.1 Å². The molecule has 0 aliphatic rings. The van der Waals surface area contributed by atoms with E-state index in [1.807, 2.05) is 32.9 Å². The minimum absolute atomic E-state index is 0.132. The van der Waals surface area contributed by atoms with Crippen molar-refractivity contribution in [1.29, 1.82) is 0 Å². The number of hydrogen-bond acceptors (Lipinski definition) is 2. The predicted octanol–water partition coefficient (Wildman–Crippen LogP) is 2.71. The molecule has 0 aliphatic carbocycles. The monoisotopic (exact) mass is 319 g/mol. The molecule has 0 saturated carbocycles. The first-order chi connectivity index (χ1) is 7.75. The highest BCUT2D eigenvalue weighted by Gasteiger charge is 2.23. The van der Waals surface area contributed by atoms with Gasteiger partial charge in [-0.15, -0.1) is 0 Å². The topological polar surface area (TPSA) is 37.4 Å². The molecule has 96 valence electrons. The lowest BCUT2D eigenvalue weighted by molar-refractivity contribution is 0.473. The normalized spacial score (nSPS) is 14.0. The minimum atomic E-state index is -3.38. The van der Waals surface area contributed by atoms with Crippen molar-refractivity contribution in [3.8, 4) is 0 Å². The van der Waals surface area contributed by atoms with Crippen LogP contribution in [0, 0.1) is 13.8 Å². The summed E-state index contributed by atoms with van der Waals surface area (Å²) in [6.45, 7) is 6.09. The van der Waals surface area contributed by atoms with Gasteiger partial charge >= 0.3 is 0 Å². The largest absolute Gasteiger partial charge is 0.243 e. The van der Waals surface area contributed by atoms with E-state index in [1.54, 1.807) is 13.1 Å². The van der Waals surface area contributed by atoms with E-state index in [-0.39, 0.29) is 4.83 Å². The third-order valence-corrected chi connectivity index (χ3v) is 4.80. The lowest BCUT2D eigenvalue weighted by Gasteiger charge is -2.20. The van der Waals surface area contributed by atoms with Crippen LogP contribution < -0.4 is 0 Å². The molecule has 0 aliphatic heterocycles. The number of sulfonamides is 1. The lowest BCUT2D eigenvalue weighted by Crippen LogP contribution is -2.31. The Bertz CT molecular complexity index is 497. The van der Waals surface area contributed by atoms with Gasteiger partial charge in [-0.25, -0.2) is 8.42 Å². The van der Waals surface area contributed by atoms with Crippen LogP contribution in [-0.4, -0.2) is 31.1 Å². The van der Waals surface area contributed by atoms with Crippen LogP contribution in [0.5, 0.6) is 0 Å². The summed E-state index contributed by atoms with van der Waals surface area (Å²) in [5, 5.41) is 0. The number of aryl methyl sites for hydroxylation is 2. The zero-order chi connectivity index (χ0) is 13.2. The van der Waals surface area contributed by atoms with Gasteiger partial charge in [0.25, 0.3) is 0 Å². The molecule has 0 heterocycles. The molecule has 0 amide bonds. The predicted molar refractivity (Wildman–Crippen MR) is 74.1 cm³/mol. The maximum Gasteiger partial charge on any atom is 0.243 e. The van der Waals surface area contributed by atoms with Gasteiger partial charge in [-0.2, -0.15) is 4.31 Å². The van der Waals surface area contributed by atoms with E-state index < -0.39 is 10.0 Å². The van der Waals surface area contributed by atoms with Crippen LogP contribution in [0.3, 0.4) is 0 Å². The minimum Gasteiger partial charge on any atom is -0.207 e. The fourth-order valence-corrected chi connectivity index (χ4v) is 3.80.